The fraction of sp³-hybridized carbons (Fsp3) is 0.900. The van der Waals surface area contributed by atoms with Crippen molar-refractivity contribution >= 4 is 5.84 Å². The predicted molar refractivity (Wildman–Crippen MR) is 59.0 cm³/mol. The molecule has 5 nitrogen and oxygen atoms in total. The van der Waals surface area contributed by atoms with Crippen molar-refractivity contribution in [1.29, 1.82) is 5.41 Å². The van der Waals surface area contributed by atoms with E-state index in [1.54, 1.807) is 0 Å². The second-order valence-electron chi connectivity index (χ2n) is 4.11. The Balaban J connectivity index is 2.28. The highest BCUT2D eigenvalue weighted by Gasteiger charge is 2.24. The number of nitrogens with two attached hydrogens (primary N) is 1. The van der Waals surface area contributed by atoms with E-state index in [0.717, 1.165) is 19.5 Å². The summed E-state index contributed by atoms with van der Waals surface area (Å²) in [6, 6.07) is 0.389. The van der Waals surface area contributed by atoms with Gasteiger partial charge in [-0.15, -0.1) is 0 Å². The first-order valence-corrected chi connectivity index (χ1v) is 5.43. The molecule has 1 heterocycles. The number of aliphatic hydroxyl groups is 1. The zero-order valence-corrected chi connectivity index (χ0v) is 9.28. The van der Waals surface area contributed by atoms with Gasteiger partial charge in [0.05, 0.1) is 25.2 Å². The minimum absolute atomic E-state index is 0.0569. The van der Waals surface area contributed by atoms with Crippen molar-refractivity contribution in [2.75, 3.05) is 26.3 Å². The lowest BCUT2D eigenvalue weighted by molar-refractivity contribution is -0.0777. The highest BCUT2D eigenvalue weighted by molar-refractivity contribution is 5.76. The molecule has 1 aliphatic rings. The molecule has 0 aromatic rings. The summed E-state index contributed by atoms with van der Waals surface area (Å²) in [5.74, 6) is 0.245. The van der Waals surface area contributed by atoms with Gasteiger partial charge in [-0.1, -0.05) is 0 Å². The van der Waals surface area contributed by atoms with E-state index < -0.39 is 0 Å². The molecule has 0 amide bonds. The summed E-state index contributed by atoms with van der Waals surface area (Å²) in [6.45, 7) is 4.55. The van der Waals surface area contributed by atoms with Crippen LogP contribution in [0.15, 0.2) is 0 Å². The van der Waals surface area contributed by atoms with E-state index in [9.17, 15) is 0 Å². The number of hydrogen-bond acceptors (Lipinski definition) is 4. The fourth-order valence-electron chi connectivity index (χ4n) is 1.77. The normalized spacial score (nSPS) is 27.9. The quantitative estimate of drug-likeness (QED) is 0.437. The van der Waals surface area contributed by atoms with Crippen LogP contribution >= 0.6 is 0 Å². The van der Waals surface area contributed by atoms with Crippen LogP contribution in [-0.4, -0.2) is 54.3 Å². The molecule has 1 fully saturated rings. The van der Waals surface area contributed by atoms with Crippen LogP contribution < -0.4 is 5.73 Å². The Kier molecular flexibility index (Phi) is 5.01. The summed E-state index contributed by atoms with van der Waals surface area (Å²) >= 11 is 0. The van der Waals surface area contributed by atoms with Crippen LogP contribution in [0.1, 0.15) is 19.8 Å². The molecule has 1 aliphatic heterocycles. The molecule has 0 radical (unpaired) electrons. The Morgan fingerprint density at radius 1 is 1.67 bits per heavy atom. The van der Waals surface area contributed by atoms with Gasteiger partial charge in [0.1, 0.15) is 0 Å². The van der Waals surface area contributed by atoms with Crippen LogP contribution in [0.25, 0.3) is 0 Å². The monoisotopic (exact) mass is 215 g/mol. The Labute approximate surface area is 90.7 Å². The molecule has 1 rings (SSSR count). The van der Waals surface area contributed by atoms with Crippen LogP contribution in [0.3, 0.4) is 0 Å². The maximum absolute atomic E-state index is 9.00. The van der Waals surface area contributed by atoms with Gasteiger partial charge in [0.15, 0.2) is 0 Å². The molecule has 0 spiro atoms. The first kappa shape index (κ1) is 12.4. The number of nitrogens with zero attached hydrogens (tertiary/aromatic N) is 1. The zero-order chi connectivity index (χ0) is 11.3. The van der Waals surface area contributed by atoms with Crippen molar-refractivity contribution in [3.63, 3.8) is 0 Å². The van der Waals surface area contributed by atoms with Gasteiger partial charge < -0.3 is 15.6 Å². The molecule has 2 atom stereocenters. The molecule has 1 saturated heterocycles. The Morgan fingerprint density at radius 3 is 3.00 bits per heavy atom. The van der Waals surface area contributed by atoms with E-state index in [2.05, 4.69) is 11.8 Å². The van der Waals surface area contributed by atoms with Gasteiger partial charge in [0.25, 0.3) is 0 Å². The number of aliphatic hydroxyl groups excluding tert-OH is 1. The third-order valence-electron chi connectivity index (χ3n) is 2.73. The predicted octanol–water partition coefficient (Wildman–Crippen LogP) is -0.216. The molecular formula is C10H21N3O2. The largest absolute Gasteiger partial charge is 0.394 e. The van der Waals surface area contributed by atoms with Gasteiger partial charge in [-0.05, 0) is 19.9 Å². The number of rotatable bonds is 5. The third-order valence-corrected chi connectivity index (χ3v) is 2.73. The van der Waals surface area contributed by atoms with Crippen molar-refractivity contribution < 1.29 is 9.84 Å². The Bertz CT molecular complexity index is 211. The number of amidine groups is 1. The van der Waals surface area contributed by atoms with Gasteiger partial charge in [-0.2, -0.15) is 0 Å². The van der Waals surface area contributed by atoms with E-state index in [0.29, 0.717) is 19.1 Å². The van der Waals surface area contributed by atoms with E-state index in [4.69, 9.17) is 21.0 Å². The molecule has 0 saturated carbocycles. The minimum atomic E-state index is -0.0569. The molecule has 0 aromatic carbocycles. The van der Waals surface area contributed by atoms with E-state index in [1.165, 1.54) is 0 Å². The van der Waals surface area contributed by atoms with Crippen LogP contribution in [0.5, 0.6) is 0 Å². The molecule has 0 aromatic heterocycles. The molecule has 2 unspecified atom stereocenters. The van der Waals surface area contributed by atoms with Crippen molar-refractivity contribution in [2.24, 2.45) is 5.73 Å². The lowest BCUT2D eigenvalue weighted by atomic mass is 10.1. The molecule has 0 bridgehead atoms. The summed E-state index contributed by atoms with van der Waals surface area (Å²) in [6.07, 6.45) is 1.49. The number of hydrogen-bond donors (Lipinski definition) is 3. The second-order valence-corrected chi connectivity index (χ2v) is 4.11. The van der Waals surface area contributed by atoms with E-state index in [-0.39, 0.29) is 18.5 Å². The Morgan fingerprint density at radius 2 is 2.40 bits per heavy atom. The first-order chi connectivity index (χ1) is 7.13. The maximum Gasteiger partial charge on any atom is 0.0933 e. The van der Waals surface area contributed by atoms with Gasteiger partial charge in [0.2, 0.25) is 0 Å². The molecule has 0 aliphatic carbocycles. The van der Waals surface area contributed by atoms with Crippen molar-refractivity contribution in [2.45, 2.75) is 31.9 Å². The lowest BCUT2D eigenvalue weighted by Crippen LogP contribution is -2.49. The summed E-state index contributed by atoms with van der Waals surface area (Å²) in [5, 5.41) is 16.1. The topological polar surface area (TPSA) is 82.6 Å². The van der Waals surface area contributed by atoms with E-state index >= 15 is 0 Å². The molecule has 88 valence electrons. The smallest absolute Gasteiger partial charge is 0.0933 e. The number of nitrogens with one attached hydrogen (secondary N) is 1. The van der Waals surface area contributed by atoms with E-state index in [1.807, 2.05) is 0 Å². The average molecular weight is 215 g/mol. The molecule has 4 N–H and O–H groups in total. The van der Waals surface area contributed by atoms with Crippen molar-refractivity contribution in [3.8, 4) is 0 Å². The third kappa shape index (κ3) is 4.15. The fourth-order valence-corrected chi connectivity index (χ4v) is 1.77. The standard InChI is InChI=1S/C10H21N3O2/c1-8-7-15-9(6-14)5-13(8)4-2-3-10(11)12/h8-9,14H,2-7H2,1H3,(H3,11,12). The van der Waals surface area contributed by atoms with Gasteiger partial charge in [-0.3, -0.25) is 10.3 Å². The molecule has 15 heavy (non-hydrogen) atoms. The first-order valence-electron chi connectivity index (χ1n) is 5.43. The highest BCUT2D eigenvalue weighted by atomic mass is 16.5. The lowest BCUT2D eigenvalue weighted by Gasteiger charge is -2.37. The van der Waals surface area contributed by atoms with Crippen molar-refractivity contribution in [1.82, 2.24) is 4.90 Å². The van der Waals surface area contributed by atoms with Gasteiger partial charge in [-0.25, -0.2) is 0 Å². The summed E-state index contributed by atoms with van der Waals surface area (Å²) < 4.78 is 5.44. The summed E-state index contributed by atoms with van der Waals surface area (Å²) in [5.41, 5.74) is 5.30. The average Bonchev–Trinajstić information content (AvgIpc) is 2.20. The molecule has 5 heteroatoms. The van der Waals surface area contributed by atoms with Gasteiger partial charge >= 0.3 is 0 Å². The maximum atomic E-state index is 9.00. The minimum Gasteiger partial charge on any atom is -0.394 e. The van der Waals surface area contributed by atoms with Crippen LogP contribution in [-0.2, 0) is 4.74 Å². The summed E-state index contributed by atoms with van der Waals surface area (Å²) in [7, 11) is 0. The highest BCUT2D eigenvalue weighted by Crippen LogP contribution is 2.12. The number of ether oxygens (including phenoxy) is 1. The van der Waals surface area contributed by atoms with Crippen LogP contribution in [0, 0.1) is 5.41 Å². The second kappa shape index (κ2) is 6.05. The van der Waals surface area contributed by atoms with Crippen LogP contribution in [0.2, 0.25) is 0 Å². The zero-order valence-electron chi connectivity index (χ0n) is 9.28. The number of morpholine rings is 1. The van der Waals surface area contributed by atoms with Crippen LogP contribution in [0.4, 0.5) is 0 Å². The Hall–Kier alpha value is -0.650. The van der Waals surface area contributed by atoms with Gasteiger partial charge in [0, 0.05) is 19.0 Å². The summed E-state index contributed by atoms with van der Waals surface area (Å²) in [4.78, 5) is 2.29. The SMILES string of the molecule is CC1COC(CO)CN1CCCC(=N)N. The van der Waals surface area contributed by atoms with Crippen molar-refractivity contribution in [3.05, 3.63) is 0 Å². The molecular weight excluding hydrogens is 194 g/mol.